The first-order valence-corrected chi connectivity index (χ1v) is 17.7. The zero-order valence-corrected chi connectivity index (χ0v) is 31.2. The number of unbranched alkanes of at least 4 members (excludes halogenated alkanes) is 1. The number of hydrogen-bond acceptors (Lipinski definition) is 10. The summed E-state index contributed by atoms with van der Waals surface area (Å²) in [5.41, 5.74) is 4.07. The summed E-state index contributed by atoms with van der Waals surface area (Å²) < 4.78 is 27.2. The first-order chi connectivity index (χ1) is 26.6. The lowest BCUT2D eigenvalue weighted by Gasteiger charge is -2.11. The second-order valence-electron chi connectivity index (χ2n) is 12.3. The van der Waals surface area contributed by atoms with E-state index in [2.05, 4.69) is 16.8 Å². The van der Waals surface area contributed by atoms with E-state index >= 15 is 0 Å². The summed E-state index contributed by atoms with van der Waals surface area (Å²) in [6.45, 7) is 9.67. The Labute approximate surface area is 320 Å². The van der Waals surface area contributed by atoms with Crippen molar-refractivity contribution in [2.45, 2.75) is 33.6 Å². The topological polar surface area (TPSA) is 122 Å². The van der Waals surface area contributed by atoms with Gasteiger partial charge in [-0.3, -0.25) is 0 Å². The second-order valence-corrected chi connectivity index (χ2v) is 12.3. The minimum atomic E-state index is -0.523. The summed E-state index contributed by atoms with van der Waals surface area (Å²) >= 11 is 0. The average Bonchev–Trinajstić information content (AvgIpc) is 3.19. The zero-order valence-electron chi connectivity index (χ0n) is 31.2. The largest absolute Gasteiger partial charge is 0.493 e. The number of rotatable bonds is 16. The fourth-order valence-corrected chi connectivity index (χ4v) is 5.42. The summed E-state index contributed by atoms with van der Waals surface area (Å²) in [5, 5.41) is 12.8. The minimum Gasteiger partial charge on any atom is -0.493 e. The Balaban J connectivity index is 1.16. The molecule has 0 spiro atoms. The molecule has 280 valence electrons. The summed E-state index contributed by atoms with van der Waals surface area (Å²) in [4.78, 5) is 35.6. The minimum absolute atomic E-state index is 0.301. The van der Waals surface area contributed by atoms with E-state index in [1.165, 1.54) is 12.2 Å². The molecule has 0 amide bonds. The third-order valence-electron chi connectivity index (χ3n) is 8.36. The summed E-state index contributed by atoms with van der Waals surface area (Å²) in [6, 6.07) is 28.2. The van der Waals surface area contributed by atoms with Crippen LogP contribution in [0.5, 0.6) is 23.0 Å². The molecule has 0 saturated heterocycles. The van der Waals surface area contributed by atoms with Crippen LogP contribution in [0.3, 0.4) is 0 Å². The quantitative estimate of drug-likeness (QED) is 0.0245. The molecule has 0 aliphatic heterocycles. The van der Waals surface area contributed by atoms with E-state index < -0.39 is 17.9 Å². The van der Waals surface area contributed by atoms with Gasteiger partial charge in [0.15, 0.2) is 11.5 Å². The van der Waals surface area contributed by atoms with Crippen molar-refractivity contribution < 1.29 is 38.1 Å². The third kappa shape index (κ3) is 11.3. The molecule has 0 aliphatic carbocycles. The molecule has 5 aromatic rings. The van der Waals surface area contributed by atoms with Crippen LogP contribution in [0.1, 0.15) is 50.3 Å². The zero-order chi connectivity index (χ0) is 39.2. The molecule has 0 aromatic heterocycles. The predicted molar refractivity (Wildman–Crippen MR) is 216 cm³/mol. The van der Waals surface area contributed by atoms with E-state index in [4.69, 9.17) is 23.7 Å². The molecule has 0 fully saturated rings. The maximum absolute atomic E-state index is 12.7. The van der Waals surface area contributed by atoms with Crippen LogP contribution < -0.4 is 18.9 Å². The Hall–Kier alpha value is -6.81. The highest BCUT2D eigenvalue weighted by Crippen LogP contribution is 2.29. The molecule has 0 radical (unpaired) electrons. The van der Waals surface area contributed by atoms with E-state index in [0.29, 0.717) is 49.1 Å². The van der Waals surface area contributed by atoms with Crippen molar-refractivity contribution in [1.82, 2.24) is 0 Å². The number of benzene rings is 5. The number of carbonyl (C=O) groups excluding carboxylic acids is 3. The number of fused-ring (bicyclic) bond motifs is 2. The molecular formula is C45H42N2O8. The van der Waals surface area contributed by atoms with Crippen molar-refractivity contribution in [3.05, 3.63) is 139 Å². The lowest BCUT2D eigenvalue weighted by Crippen LogP contribution is -2.05. The van der Waals surface area contributed by atoms with Gasteiger partial charge in [0.1, 0.15) is 11.5 Å². The van der Waals surface area contributed by atoms with Crippen molar-refractivity contribution in [3.63, 3.8) is 0 Å². The second kappa shape index (κ2) is 19.3. The molecule has 10 nitrogen and oxygen atoms in total. The van der Waals surface area contributed by atoms with Crippen molar-refractivity contribution in [1.29, 1.82) is 0 Å². The molecule has 0 saturated carbocycles. The fourth-order valence-electron chi connectivity index (χ4n) is 5.42. The van der Waals surface area contributed by atoms with Crippen LogP contribution in [-0.4, -0.2) is 49.7 Å². The standard InChI is InChI=1S/C45H42N2O8/c1-6-10-44(49)54-39-19-17-35-26-33(13-15-37(35)28-39)30(3)46-47-31(4)34-14-16-38-29-40(20-18-36(38)27-34)55-45(50)22-12-32-11-21-41(42(25-32)51-5)52-23-8-9-24-53-43(48)7-2/h6-7,10-22,25-29H,2,8-9,23-24H2,1,3-5H3. The SMILES string of the molecule is C=CC(=O)OCCCCOc1ccc(C=CC(=O)Oc2ccc3cc(C(C)=NN=C(C)c4ccc5cc(OC(=O)C=CC)ccc5c4)ccc3c2)cc1OC. The monoisotopic (exact) mass is 738 g/mol. The Morgan fingerprint density at radius 3 is 1.75 bits per heavy atom. The van der Waals surface area contributed by atoms with E-state index in [1.54, 1.807) is 50.5 Å². The van der Waals surface area contributed by atoms with E-state index in [0.717, 1.165) is 55.7 Å². The van der Waals surface area contributed by atoms with Crippen molar-refractivity contribution in [2.24, 2.45) is 10.2 Å². The van der Waals surface area contributed by atoms with E-state index in [9.17, 15) is 14.4 Å². The molecule has 0 N–H and O–H groups in total. The first-order valence-electron chi connectivity index (χ1n) is 17.7. The number of nitrogens with zero attached hydrogens (tertiary/aromatic N) is 2. The molecule has 5 rings (SSSR count). The van der Waals surface area contributed by atoms with Crippen LogP contribution in [0.4, 0.5) is 0 Å². The van der Waals surface area contributed by atoms with Gasteiger partial charge in [-0.1, -0.05) is 55.1 Å². The lowest BCUT2D eigenvalue weighted by atomic mass is 10.0. The molecule has 10 heteroatoms. The normalized spacial score (nSPS) is 11.9. The summed E-state index contributed by atoms with van der Waals surface area (Å²) in [7, 11) is 1.55. The van der Waals surface area contributed by atoms with Crippen LogP contribution in [0.25, 0.3) is 27.6 Å². The van der Waals surface area contributed by atoms with Gasteiger partial charge in [0.25, 0.3) is 0 Å². The van der Waals surface area contributed by atoms with Crippen LogP contribution in [0, 0.1) is 0 Å². The van der Waals surface area contributed by atoms with Gasteiger partial charge >= 0.3 is 17.9 Å². The molecular weight excluding hydrogens is 697 g/mol. The Morgan fingerprint density at radius 2 is 1.18 bits per heavy atom. The average molecular weight is 739 g/mol. The number of methoxy groups -OCH3 is 1. The number of ether oxygens (including phenoxy) is 5. The van der Waals surface area contributed by atoms with Gasteiger partial charge in [-0.15, -0.1) is 0 Å². The number of hydrogen-bond donors (Lipinski definition) is 0. The predicted octanol–water partition coefficient (Wildman–Crippen LogP) is 9.22. The van der Waals surface area contributed by atoms with Crippen LogP contribution in [0.15, 0.2) is 132 Å². The highest BCUT2D eigenvalue weighted by Gasteiger charge is 2.09. The van der Waals surface area contributed by atoms with E-state index in [1.807, 2.05) is 80.6 Å². The molecule has 5 aromatic carbocycles. The smallest absolute Gasteiger partial charge is 0.336 e. The highest BCUT2D eigenvalue weighted by atomic mass is 16.5. The molecule has 0 unspecified atom stereocenters. The van der Waals surface area contributed by atoms with E-state index in [-0.39, 0.29) is 0 Å². The van der Waals surface area contributed by atoms with Crippen LogP contribution in [0.2, 0.25) is 0 Å². The maximum atomic E-state index is 12.7. The number of allylic oxidation sites excluding steroid dienone is 1. The summed E-state index contributed by atoms with van der Waals surface area (Å²) in [6.07, 6.45) is 8.50. The van der Waals surface area contributed by atoms with Gasteiger partial charge in [0, 0.05) is 18.2 Å². The van der Waals surface area contributed by atoms with Crippen molar-refractivity contribution >= 4 is 57.0 Å². The van der Waals surface area contributed by atoms with Gasteiger partial charge in [-0.05, 0) is 126 Å². The first kappa shape index (κ1) is 39.4. The molecule has 55 heavy (non-hydrogen) atoms. The van der Waals surface area contributed by atoms with Crippen molar-refractivity contribution in [3.8, 4) is 23.0 Å². The van der Waals surface area contributed by atoms with Gasteiger partial charge in [-0.25, -0.2) is 14.4 Å². The fraction of sp³-hybridized carbons (Fsp3) is 0.178. The van der Waals surface area contributed by atoms with Gasteiger partial charge in [-0.2, -0.15) is 10.2 Å². The molecule has 0 atom stereocenters. The Bertz CT molecular complexity index is 2340. The lowest BCUT2D eigenvalue weighted by molar-refractivity contribution is -0.138. The Morgan fingerprint density at radius 1 is 0.636 bits per heavy atom. The molecule has 0 aliphatic rings. The van der Waals surface area contributed by atoms with Crippen LogP contribution in [-0.2, 0) is 19.1 Å². The highest BCUT2D eigenvalue weighted by molar-refractivity contribution is 6.05. The maximum Gasteiger partial charge on any atom is 0.336 e. The molecule has 0 bridgehead atoms. The van der Waals surface area contributed by atoms with Crippen molar-refractivity contribution in [2.75, 3.05) is 20.3 Å². The van der Waals surface area contributed by atoms with Gasteiger partial charge in [0.05, 0.1) is 31.7 Å². The summed E-state index contributed by atoms with van der Waals surface area (Å²) in [5.74, 6) is 0.615. The number of esters is 3. The Kier molecular flexibility index (Phi) is 13.8. The molecule has 0 heterocycles. The van der Waals surface area contributed by atoms with Gasteiger partial charge in [0.2, 0.25) is 0 Å². The third-order valence-corrected chi connectivity index (χ3v) is 8.36. The van der Waals surface area contributed by atoms with Gasteiger partial charge < -0.3 is 23.7 Å². The number of carbonyl (C=O) groups is 3. The van der Waals surface area contributed by atoms with Crippen LogP contribution >= 0.6 is 0 Å².